The van der Waals surface area contributed by atoms with Crippen LogP contribution in [-0.4, -0.2) is 34.6 Å². The van der Waals surface area contributed by atoms with E-state index >= 15 is 0 Å². The molecule has 0 aromatic heterocycles. The van der Waals surface area contributed by atoms with E-state index in [1.807, 2.05) is 66.7 Å². The summed E-state index contributed by atoms with van der Waals surface area (Å²) in [5, 5.41) is 6.51. The van der Waals surface area contributed by atoms with Crippen molar-refractivity contribution in [2.45, 2.75) is 18.0 Å². The van der Waals surface area contributed by atoms with E-state index in [2.05, 4.69) is 15.9 Å². The van der Waals surface area contributed by atoms with Crippen LogP contribution in [0.15, 0.2) is 113 Å². The molecule has 0 unspecified atom stereocenters. The van der Waals surface area contributed by atoms with Gasteiger partial charge in [-0.25, -0.2) is 0 Å². The van der Waals surface area contributed by atoms with Gasteiger partial charge in [0, 0.05) is 27.1 Å². The highest BCUT2D eigenvalue weighted by molar-refractivity contribution is 9.10. The molecule has 184 valence electrons. The van der Waals surface area contributed by atoms with E-state index in [0.29, 0.717) is 16.7 Å². The molecule has 4 aromatic rings. The lowest BCUT2D eigenvalue weighted by Crippen LogP contribution is -2.43. The first-order chi connectivity index (χ1) is 18.5. The highest BCUT2D eigenvalue weighted by Crippen LogP contribution is 2.64. The van der Waals surface area contributed by atoms with E-state index in [9.17, 15) is 14.4 Å². The van der Waals surface area contributed by atoms with Crippen molar-refractivity contribution in [3.8, 4) is 0 Å². The number of rotatable bonds is 3. The SMILES string of the molecule is O=C(c1ccccc1)[C@@H]1[C@H](c2ccc(Br)cc2)C2(C(=O)c3ccccc3C2=O)[C@H]2c3ccccc3C=NN12. The Balaban J connectivity index is 1.56. The molecule has 1 fully saturated rings. The van der Waals surface area contributed by atoms with Gasteiger partial charge >= 0.3 is 0 Å². The van der Waals surface area contributed by atoms with Crippen LogP contribution < -0.4 is 0 Å². The minimum atomic E-state index is -1.56. The van der Waals surface area contributed by atoms with Crippen LogP contribution in [-0.2, 0) is 0 Å². The summed E-state index contributed by atoms with van der Waals surface area (Å²) in [6.45, 7) is 0. The number of benzene rings is 4. The fourth-order valence-electron chi connectivity index (χ4n) is 6.59. The van der Waals surface area contributed by atoms with E-state index in [-0.39, 0.29) is 17.3 Å². The second-order valence-electron chi connectivity index (χ2n) is 9.93. The number of halogens is 1. The van der Waals surface area contributed by atoms with Gasteiger partial charge in [0.2, 0.25) is 0 Å². The van der Waals surface area contributed by atoms with Gasteiger partial charge < -0.3 is 0 Å². The minimum Gasteiger partial charge on any atom is -0.293 e. The summed E-state index contributed by atoms with van der Waals surface area (Å²) >= 11 is 3.50. The molecule has 4 aromatic carbocycles. The molecule has 3 aliphatic rings. The van der Waals surface area contributed by atoms with E-state index in [0.717, 1.165) is 21.2 Å². The summed E-state index contributed by atoms with van der Waals surface area (Å²) in [5.74, 6) is -1.44. The van der Waals surface area contributed by atoms with Crippen molar-refractivity contribution in [1.29, 1.82) is 0 Å². The summed E-state index contributed by atoms with van der Waals surface area (Å²) in [4.78, 5) is 43.6. The first-order valence-electron chi connectivity index (χ1n) is 12.5. The molecule has 38 heavy (non-hydrogen) atoms. The Bertz CT molecular complexity index is 1630. The van der Waals surface area contributed by atoms with Gasteiger partial charge in [-0.1, -0.05) is 107 Å². The van der Waals surface area contributed by atoms with Crippen molar-refractivity contribution in [2.24, 2.45) is 10.5 Å². The molecule has 7 rings (SSSR count). The Hall–Kier alpha value is -4.16. The fourth-order valence-corrected chi connectivity index (χ4v) is 6.86. The van der Waals surface area contributed by atoms with Crippen LogP contribution >= 0.6 is 15.9 Å². The van der Waals surface area contributed by atoms with Crippen LogP contribution in [0.3, 0.4) is 0 Å². The van der Waals surface area contributed by atoms with E-state index in [4.69, 9.17) is 5.10 Å². The van der Waals surface area contributed by atoms with Crippen molar-refractivity contribution in [1.82, 2.24) is 5.01 Å². The smallest absolute Gasteiger partial charge is 0.187 e. The van der Waals surface area contributed by atoms with E-state index in [1.165, 1.54) is 0 Å². The summed E-state index contributed by atoms with van der Waals surface area (Å²) in [6, 6.07) is 29.7. The van der Waals surface area contributed by atoms with Gasteiger partial charge in [0.1, 0.15) is 11.5 Å². The summed E-state index contributed by atoms with van der Waals surface area (Å²) in [6.07, 6.45) is 1.73. The third-order valence-electron chi connectivity index (χ3n) is 8.13. The normalized spacial score (nSPS) is 22.3. The largest absolute Gasteiger partial charge is 0.293 e. The molecule has 0 radical (unpaired) electrons. The Morgan fingerprint density at radius 3 is 2.05 bits per heavy atom. The molecule has 1 spiro atoms. The molecule has 2 aliphatic heterocycles. The Morgan fingerprint density at radius 1 is 0.763 bits per heavy atom. The van der Waals surface area contributed by atoms with E-state index < -0.39 is 23.4 Å². The molecule has 6 heteroatoms. The Labute approximate surface area is 227 Å². The second-order valence-corrected chi connectivity index (χ2v) is 10.8. The average Bonchev–Trinajstić information content (AvgIpc) is 3.40. The maximum absolute atomic E-state index is 14.6. The summed E-state index contributed by atoms with van der Waals surface area (Å²) < 4.78 is 0.868. The maximum Gasteiger partial charge on any atom is 0.187 e. The molecule has 0 saturated carbocycles. The molecule has 3 atom stereocenters. The van der Waals surface area contributed by atoms with Gasteiger partial charge in [-0.05, 0) is 28.8 Å². The van der Waals surface area contributed by atoms with Crippen LogP contribution in [0.2, 0.25) is 0 Å². The molecule has 2 heterocycles. The Morgan fingerprint density at radius 2 is 1.37 bits per heavy atom. The molecule has 1 aliphatic carbocycles. The molecule has 0 N–H and O–H groups in total. The van der Waals surface area contributed by atoms with E-state index in [1.54, 1.807) is 47.6 Å². The van der Waals surface area contributed by atoms with Crippen molar-refractivity contribution in [3.05, 3.63) is 141 Å². The lowest BCUT2D eigenvalue weighted by molar-refractivity contribution is 0.0586. The number of Topliss-reactive ketones (excluding diaryl/α,β-unsaturated/α-hetero) is 3. The number of hydrogen-bond donors (Lipinski definition) is 0. The second kappa shape index (κ2) is 8.43. The number of carbonyl (C=O) groups is 3. The standard InChI is InChI=1S/C32H21BrN2O3/c33-22-16-14-19(15-17-22)26-27(28(36)20-8-2-1-3-9-20)35-29(23-11-5-4-10-21(23)18-34-35)32(26)30(37)24-12-6-7-13-25(24)31(32)38/h1-18,26-27,29H/t26-,27-,29+/m0/s1. The van der Waals surface area contributed by atoms with Gasteiger partial charge in [0.05, 0.1) is 12.3 Å². The third kappa shape index (κ3) is 2.98. The van der Waals surface area contributed by atoms with Gasteiger partial charge in [0.25, 0.3) is 0 Å². The third-order valence-corrected chi connectivity index (χ3v) is 8.66. The highest BCUT2D eigenvalue weighted by atomic mass is 79.9. The number of hydrogen-bond acceptors (Lipinski definition) is 5. The zero-order valence-corrected chi connectivity index (χ0v) is 21.7. The first kappa shape index (κ1) is 23.0. The number of hydrazone groups is 1. The molecule has 5 nitrogen and oxygen atoms in total. The van der Waals surface area contributed by atoms with Crippen LogP contribution in [0.1, 0.15) is 59.7 Å². The lowest BCUT2D eigenvalue weighted by atomic mass is 9.63. The zero-order valence-electron chi connectivity index (χ0n) is 20.1. The Kier molecular flexibility index (Phi) is 5.10. The number of carbonyl (C=O) groups excluding carboxylic acids is 3. The minimum absolute atomic E-state index is 0.173. The lowest BCUT2D eigenvalue weighted by Gasteiger charge is -2.36. The van der Waals surface area contributed by atoms with Gasteiger partial charge in [0.15, 0.2) is 17.3 Å². The topological polar surface area (TPSA) is 66.8 Å². The fraction of sp³-hybridized carbons (Fsp3) is 0.125. The van der Waals surface area contributed by atoms with Crippen LogP contribution in [0.25, 0.3) is 0 Å². The van der Waals surface area contributed by atoms with Crippen molar-refractivity contribution in [2.75, 3.05) is 0 Å². The molecule has 1 saturated heterocycles. The monoisotopic (exact) mass is 560 g/mol. The molecular weight excluding hydrogens is 540 g/mol. The predicted molar refractivity (Wildman–Crippen MR) is 148 cm³/mol. The maximum atomic E-state index is 14.6. The number of fused-ring (bicyclic) bond motifs is 5. The average molecular weight is 561 g/mol. The van der Waals surface area contributed by atoms with Crippen LogP contribution in [0.4, 0.5) is 0 Å². The predicted octanol–water partition coefficient (Wildman–Crippen LogP) is 6.25. The van der Waals surface area contributed by atoms with Crippen LogP contribution in [0.5, 0.6) is 0 Å². The van der Waals surface area contributed by atoms with Crippen molar-refractivity contribution in [3.63, 3.8) is 0 Å². The van der Waals surface area contributed by atoms with Crippen LogP contribution in [0, 0.1) is 5.41 Å². The van der Waals surface area contributed by atoms with Crippen molar-refractivity contribution < 1.29 is 14.4 Å². The zero-order chi connectivity index (χ0) is 26.0. The molecule has 0 amide bonds. The van der Waals surface area contributed by atoms with Gasteiger partial charge in [-0.15, -0.1) is 0 Å². The first-order valence-corrected chi connectivity index (χ1v) is 13.3. The molecule has 0 bridgehead atoms. The highest BCUT2D eigenvalue weighted by Gasteiger charge is 2.72. The number of ketones is 3. The van der Waals surface area contributed by atoms with Crippen molar-refractivity contribution >= 4 is 39.5 Å². The quantitative estimate of drug-likeness (QED) is 0.219. The summed E-state index contributed by atoms with van der Waals surface area (Å²) in [7, 11) is 0. The van der Waals surface area contributed by atoms with Gasteiger partial charge in [-0.3, -0.25) is 19.4 Å². The number of nitrogens with zero attached hydrogens (tertiary/aromatic N) is 2. The molecular formula is C32H21BrN2O3. The van der Waals surface area contributed by atoms with Gasteiger partial charge in [-0.2, -0.15) is 5.10 Å². The summed E-state index contributed by atoms with van der Waals surface area (Å²) in [5.41, 5.74) is 2.17.